The zero-order valence-corrected chi connectivity index (χ0v) is 16.1. The molecule has 1 atom stereocenters. The summed E-state index contributed by atoms with van der Waals surface area (Å²) in [4.78, 5) is 30.2. The lowest BCUT2D eigenvalue weighted by Gasteiger charge is -2.15. The molecule has 2 heterocycles. The molecule has 1 aromatic heterocycles. The number of aromatic nitrogens is 1. The van der Waals surface area contributed by atoms with Crippen molar-refractivity contribution in [3.05, 3.63) is 60.7 Å². The number of rotatable bonds is 5. The fourth-order valence-electron chi connectivity index (χ4n) is 3.03. The van der Waals surface area contributed by atoms with E-state index < -0.39 is 5.25 Å². The molecule has 1 fully saturated rings. The molecule has 0 radical (unpaired) electrons. The Hall–Kier alpha value is -3.06. The minimum absolute atomic E-state index is 0.249. The van der Waals surface area contributed by atoms with Gasteiger partial charge in [0.05, 0.1) is 5.25 Å². The van der Waals surface area contributed by atoms with Crippen molar-refractivity contribution in [3.63, 3.8) is 0 Å². The predicted octanol–water partition coefficient (Wildman–Crippen LogP) is 4.04. The van der Waals surface area contributed by atoms with Crippen LogP contribution in [0.4, 0.5) is 4.79 Å². The zero-order chi connectivity index (χ0) is 19.5. The summed E-state index contributed by atoms with van der Waals surface area (Å²) in [5.41, 5.74) is 2.58. The van der Waals surface area contributed by atoms with E-state index in [-0.39, 0.29) is 11.9 Å². The number of imide groups is 1. The van der Waals surface area contributed by atoms with Crippen molar-refractivity contribution in [2.75, 3.05) is 13.1 Å². The van der Waals surface area contributed by atoms with Gasteiger partial charge < -0.3 is 9.73 Å². The third-order valence-corrected chi connectivity index (χ3v) is 5.37. The van der Waals surface area contributed by atoms with E-state index in [4.69, 9.17) is 4.42 Å². The lowest BCUT2D eigenvalue weighted by molar-refractivity contribution is -0.126. The van der Waals surface area contributed by atoms with Crippen LogP contribution in [0.25, 0.3) is 22.6 Å². The number of carbonyl (C=O) groups is 2. The highest BCUT2D eigenvalue weighted by molar-refractivity contribution is 8.00. The number of nitrogens with zero attached hydrogens (tertiary/aromatic N) is 2. The first-order valence-electron chi connectivity index (χ1n) is 9.01. The zero-order valence-electron chi connectivity index (χ0n) is 15.3. The van der Waals surface area contributed by atoms with E-state index in [1.807, 2.05) is 60.7 Å². The van der Waals surface area contributed by atoms with Gasteiger partial charge in [-0.15, -0.1) is 0 Å². The molecule has 1 saturated heterocycles. The number of hydrogen-bond donors (Lipinski definition) is 1. The van der Waals surface area contributed by atoms with Crippen LogP contribution in [0.5, 0.6) is 0 Å². The van der Waals surface area contributed by atoms with Crippen molar-refractivity contribution in [1.29, 1.82) is 0 Å². The Morgan fingerprint density at radius 3 is 2.36 bits per heavy atom. The van der Waals surface area contributed by atoms with E-state index in [1.165, 1.54) is 16.7 Å². The van der Waals surface area contributed by atoms with Gasteiger partial charge in [0.15, 0.2) is 5.76 Å². The molecule has 4 rings (SSSR count). The lowest BCUT2D eigenvalue weighted by Crippen LogP contribution is -2.38. The number of nitrogens with one attached hydrogen (secondary N) is 1. The summed E-state index contributed by atoms with van der Waals surface area (Å²) in [6.07, 6.45) is 0. The molecule has 0 aliphatic carbocycles. The summed E-state index contributed by atoms with van der Waals surface area (Å²) in [5.74, 6) is 0.411. The Labute approximate surface area is 166 Å². The van der Waals surface area contributed by atoms with Crippen molar-refractivity contribution in [2.45, 2.75) is 17.4 Å². The largest absolute Gasteiger partial charge is 0.431 e. The van der Waals surface area contributed by atoms with Crippen molar-refractivity contribution in [1.82, 2.24) is 15.2 Å². The second-order valence-electron chi connectivity index (χ2n) is 6.37. The maximum atomic E-state index is 12.6. The SMILES string of the molecule is CC(Sc1nc(-c2ccccc2)c(-c2ccccc2)o1)C(=O)N1CCNC1=O. The molecular formula is C21H19N3O3S. The molecule has 1 unspecified atom stereocenters. The van der Waals surface area contributed by atoms with Crippen LogP contribution in [0, 0.1) is 0 Å². The molecule has 0 bridgehead atoms. The van der Waals surface area contributed by atoms with Crippen LogP contribution in [0.15, 0.2) is 70.3 Å². The van der Waals surface area contributed by atoms with Crippen molar-refractivity contribution < 1.29 is 14.0 Å². The maximum Gasteiger partial charge on any atom is 0.324 e. The highest BCUT2D eigenvalue weighted by atomic mass is 32.2. The van der Waals surface area contributed by atoms with E-state index >= 15 is 0 Å². The normalized spacial score (nSPS) is 14.8. The molecule has 1 aliphatic heterocycles. The molecule has 1 N–H and O–H groups in total. The Balaban J connectivity index is 1.64. The fourth-order valence-corrected chi connectivity index (χ4v) is 3.84. The minimum Gasteiger partial charge on any atom is -0.431 e. The molecular weight excluding hydrogens is 374 g/mol. The summed E-state index contributed by atoms with van der Waals surface area (Å²) in [5, 5.41) is 2.55. The molecule has 3 amide bonds. The standard InChI is InChI=1S/C21H19N3O3S/c1-14(19(25)24-13-12-22-20(24)26)28-21-23-17(15-8-4-2-5-9-15)18(27-21)16-10-6-3-7-11-16/h2-11,14H,12-13H2,1H3,(H,22,26). The van der Waals surface area contributed by atoms with Gasteiger partial charge in [-0.05, 0) is 6.92 Å². The van der Waals surface area contributed by atoms with Crippen LogP contribution in [0.1, 0.15) is 6.92 Å². The smallest absolute Gasteiger partial charge is 0.324 e. The molecule has 3 aromatic rings. The Bertz CT molecular complexity index is 932. The molecule has 1 aliphatic rings. The Morgan fingerprint density at radius 1 is 1.11 bits per heavy atom. The van der Waals surface area contributed by atoms with Crippen LogP contribution in [0.2, 0.25) is 0 Å². The molecule has 6 nitrogen and oxygen atoms in total. The van der Waals surface area contributed by atoms with Crippen LogP contribution in [-0.2, 0) is 4.79 Å². The average molecular weight is 393 g/mol. The van der Waals surface area contributed by atoms with Gasteiger partial charge in [0.1, 0.15) is 5.69 Å². The Kier molecular flexibility index (Phi) is 5.16. The summed E-state index contributed by atoms with van der Waals surface area (Å²) in [7, 11) is 0. The van der Waals surface area contributed by atoms with Crippen LogP contribution in [0.3, 0.4) is 0 Å². The van der Waals surface area contributed by atoms with Gasteiger partial charge in [-0.1, -0.05) is 72.4 Å². The summed E-state index contributed by atoms with van der Waals surface area (Å²) >= 11 is 1.22. The van der Waals surface area contributed by atoms with E-state index in [0.29, 0.717) is 24.1 Å². The van der Waals surface area contributed by atoms with Crippen molar-refractivity contribution in [2.24, 2.45) is 0 Å². The number of benzene rings is 2. The number of urea groups is 1. The van der Waals surface area contributed by atoms with Crippen LogP contribution < -0.4 is 5.32 Å². The quantitative estimate of drug-likeness (QED) is 0.662. The molecule has 142 valence electrons. The van der Waals surface area contributed by atoms with Crippen LogP contribution in [-0.4, -0.2) is 40.2 Å². The van der Waals surface area contributed by atoms with E-state index in [1.54, 1.807) is 6.92 Å². The van der Waals surface area contributed by atoms with E-state index in [0.717, 1.165) is 16.8 Å². The first-order chi connectivity index (χ1) is 13.6. The second-order valence-corrected chi connectivity index (χ2v) is 7.66. The number of thioether (sulfide) groups is 1. The van der Waals surface area contributed by atoms with E-state index in [9.17, 15) is 9.59 Å². The monoisotopic (exact) mass is 393 g/mol. The van der Waals surface area contributed by atoms with Gasteiger partial charge in [0, 0.05) is 24.2 Å². The highest BCUT2D eigenvalue weighted by Gasteiger charge is 2.31. The molecule has 28 heavy (non-hydrogen) atoms. The number of oxazole rings is 1. The predicted molar refractivity (Wildman–Crippen MR) is 108 cm³/mol. The minimum atomic E-state index is -0.491. The molecule has 7 heteroatoms. The Morgan fingerprint density at radius 2 is 1.75 bits per heavy atom. The number of hydrogen-bond acceptors (Lipinski definition) is 5. The summed E-state index contributed by atoms with van der Waals surface area (Å²) in [6.45, 7) is 2.63. The maximum absolute atomic E-state index is 12.6. The average Bonchev–Trinajstić information content (AvgIpc) is 3.35. The van der Waals surface area contributed by atoms with Crippen LogP contribution >= 0.6 is 11.8 Å². The third kappa shape index (κ3) is 3.66. The third-order valence-electron chi connectivity index (χ3n) is 4.44. The van der Waals surface area contributed by atoms with Gasteiger partial charge in [0.25, 0.3) is 5.22 Å². The topological polar surface area (TPSA) is 75.4 Å². The molecule has 0 spiro atoms. The molecule has 2 aromatic carbocycles. The van der Waals surface area contributed by atoms with Crippen molar-refractivity contribution >= 4 is 23.7 Å². The molecule has 0 saturated carbocycles. The van der Waals surface area contributed by atoms with Gasteiger partial charge in [0.2, 0.25) is 5.91 Å². The number of carbonyl (C=O) groups excluding carboxylic acids is 2. The summed E-state index contributed by atoms with van der Waals surface area (Å²) < 4.78 is 6.05. The highest BCUT2D eigenvalue weighted by Crippen LogP contribution is 2.36. The first kappa shape index (κ1) is 18.3. The van der Waals surface area contributed by atoms with Crippen molar-refractivity contribution in [3.8, 4) is 22.6 Å². The van der Waals surface area contributed by atoms with Gasteiger partial charge in [-0.2, -0.15) is 0 Å². The fraction of sp³-hybridized carbons (Fsp3) is 0.190. The first-order valence-corrected chi connectivity index (χ1v) is 9.89. The van der Waals surface area contributed by atoms with Gasteiger partial charge in [-0.3, -0.25) is 9.69 Å². The van der Waals surface area contributed by atoms with E-state index in [2.05, 4.69) is 10.3 Å². The summed E-state index contributed by atoms with van der Waals surface area (Å²) in [6, 6.07) is 19.2. The van der Waals surface area contributed by atoms with Gasteiger partial charge >= 0.3 is 6.03 Å². The second kappa shape index (κ2) is 7.90. The number of amides is 3. The lowest BCUT2D eigenvalue weighted by atomic mass is 10.1. The van der Waals surface area contributed by atoms with Gasteiger partial charge in [-0.25, -0.2) is 9.78 Å².